The van der Waals surface area contributed by atoms with Crippen LogP contribution in [-0.2, 0) is 9.59 Å². The van der Waals surface area contributed by atoms with E-state index in [-0.39, 0.29) is 23.7 Å². The largest absolute Gasteiger partial charge is 0.344 e. The topological polar surface area (TPSA) is 84.0 Å². The average molecular weight is 387 g/mol. The number of amides is 2. The van der Waals surface area contributed by atoms with Crippen LogP contribution in [0.5, 0.6) is 0 Å². The molecular weight excluding hydrogens is 360 g/mol. The van der Waals surface area contributed by atoms with Crippen molar-refractivity contribution in [1.82, 2.24) is 15.5 Å². The van der Waals surface area contributed by atoms with E-state index in [2.05, 4.69) is 20.8 Å². The zero-order valence-corrected chi connectivity index (χ0v) is 16.8. The van der Waals surface area contributed by atoms with Crippen molar-refractivity contribution < 1.29 is 9.59 Å². The molecular formula is C20H26N4O2S. The molecule has 2 N–H and O–H groups in total. The Morgan fingerprint density at radius 2 is 1.93 bits per heavy atom. The van der Waals surface area contributed by atoms with Crippen LogP contribution in [-0.4, -0.2) is 28.1 Å². The number of aromatic nitrogens is 2. The van der Waals surface area contributed by atoms with E-state index >= 15 is 0 Å². The van der Waals surface area contributed by atoms with E-state index in [1.54, 1.807) is 0 Å². The third-order valence-corrected chi connectivity index (χ3v) is 5.78. The van der Waals surface area contributed by atoms with Crippen molar-refractivity contribution in [2.24, 2.45) is 11.8 Å². The first-order chi connectivity index (χ1) is 12.9. The summed E-state index contributed by atoms with van der Waals surface area (Å²) in [6.45, 7) is 5.88. The number of benzene rings is 1. The van der Waals surface area contributed by atoms with Gasteiger partial charge in [0, 0.05) is 11.5 Å². The predicted octanol–water partition coefficient (Wildman–Crippen LogP) is 3.78. The van der Waals surface area contributed by atoms with E-state index in [9.17, 15) is 9.59 Å². The van der Waals surface area contributed by atoms with E-state index in [4.69, 9.17) is 0 Å². The van der Waals surface area contributed by atoms with E-state index in [1.165, 1.54) is 11.3 Å². The summed E-state index contributed by atoms with van der Waals surface area (Å²) in [7, 11) is 0. The van der Waals surface area contributed by atoms with Gasteiger partial charge in [-0.2, -0.15) is 0 Å². The first kappa shape index (κ1) is 19.5. The maximum atomic E-state index is 12.7. The lowest BCUT2D eigenvalue weighted by molar-refractivity contribution is -0.130. The summed E-state index contributed by atoms with van der Waals surface area (Å²) in [6.07, 6.45) is 4.00. The summed E-state index contributed by atoms with van der Waals surface area (Å²) in [5.41, 5.74) is 2.12. The van der Waals surface area contributed by atoms with Crippen molar-refractivity contribution >= 4 is 28.3 Å². The molecule has 7 heteroatoms. The molecule has 2 aromatic rings. The number of hydrogen-bond acceptors (Lipinski definition) is 5. The number of anilines is 1. The smallest absolute Gasteiger partial charge is 0.249 e. The van der Waals surface area contributed by atoms with Gasteiger partial charge in [0.25, 0.3) is 0 Å². The van der Waals surface area contributed by atoms with Crippen molar-refractivity contribution in [3.63, 3.8) is 0 Å². The van der Waals surface area contributed by atoms with Crippen LogP contribution in [0.3, 0.4) is 0 Å². The van der Waals surface area contributed by atoms with Crippen molar-refractivity contribution in [3.05, 3.63) is 29.8 Å². The minimum Gasteiger partial charge on any atom is -0.344 e. The molecule has 1 aliphatic rings. The molecule has 6 nitrogen and oxygen atoms in total. The van der Waals surface area contributed by atoms with Gasteiger partial charge in [0.2, 0.25) is 16.9 Å². The van der Waals surface area contributed by atoms with Crippen LogP contribution in [0, 0.1) is 18.8 Å². The summed E-state index contributed by atoms with van der Waals surface area (Å²) in [6, 6.07) is 7.41. The number of hydrogen-bond donors (Lipinski definition) is 2. The van der Waals surface area contributed by atoms with Crippen LogP contribution in [0.2, 0.25) is 0 Å². The molecule has 2 amide bonds. The van der Waals surface area contributed by atoms with E-state index in [0.717, 1.165) is 41.8 Å². The Balaban J connectivity index is 1.66. The lowest BCUT2D eigenvalue weighted by atomic mass is 10.0. The van der Waals surface area contributed by atoms with Crippen molar-refractivity contribution in [2.45, 2.75) is 52.5 Å². The molecule has 0 saturated heterocycles. The summed E-state index contributed by atoms with van der Waals surface area (Å²) >= 11 is 1.33. The molecule has 0 aliphatic heterocycles. The highest BCUT2D eigenvalue weighted by Crippen LogP contribution is 2.27. The van der Waals surface area contributed by atoms with Crippen LogP contribution in [0.15, 0.2) is 24.3 Å². The summed E-state index contributed by atoms with van der Waals surface area (Å²) in [4.78, 5) is 25.1. The Kier molecular flexibility index (Phi) is 6.21. The molecule has 144 valence electrons. The van der Waals surface area contributed by atoms with Gasteiger partial charge in [-0.1, -0.05) is 61.8 Å². The molecule has 1 fully saturated rings. The second-order valence-electron chi connectivity index (χ2n) is 7.48. The minimum absolute atomic E-state index is 0.0143. The van der Waals surface area contributed by atoms with Gasteiger partial charge in [-0.05, 0) is 31.7 Å². The molecule has 1 unspecified atom stereocenters. The van der Waals surface area contributed by atoms with E-state index in [0.29, 0.717) is 5.13 Å². The molecule has 1 heterocycles. The minimum atomic E-state index is -0.579. The third-order valence-electron chi connectivity index (χ3n) is 4.89. The highest BCUT2D eigenvalue weighted by Gasteiger charge is 2.29. The van der Waals surface area contributed by atoms with Gasteiger partial charge in [0.1, 0.15) is 11.0 Å². The molecule has 1 aromatic heterocycles. The number of nitrogens with one attached hydrogen (secondary N) is 2. The van der Waals surface area contributed by atoms with Crippen molar-refractivity contribution in [1.29, 1.82) is 0 Å². The molecule has 1 aliphatic carbocycles. The van der Waals surface area contributed by atoms with Gasteiger partial charge in [-0.25, -0.2) is 0 Å². The Hall–Kier alpha value is -2.28. The maximum absolute atomic E-state index is 12.7. The Morgan fingerprint density at radius 3 is 2.59 bits per heavy atom. The predicted molar refractivity (Wildman–Crippen MR) is 107 cm³/mol. The lowest BCUT2D eigenvalue weighted by Gasteiger charge is -2.22. The number of carbonyl (C=O) groups is 2. The average Bonchev–Trinajstić information content (AvgIpc) is 3.31. The van der Waals surface area contributed by atoms with Gasteiger partial charge >= 0.3 is 0 Å². The second kappa shape index (κ2) is 8.61. The van der Waals surface area contributed by atoms with E-state index in [1.807, 2.05) is 45.0 Å². The van der Waals surface area contributed by atoms with Crippen molar-refractivity contribution in [3.8, 4) is 10.6 Å². The normalized spacial score (nSPS) is 15.7. The molecule has 3 rings (SSSR count). The van der Waals surface area contributed by atoms with Gasteiger partial charge in [0.05, 0.1) is 0 Å². The van der Waals surface area contributed by atoms with E-state index < -0.39 is 6.04 Å². The van der Waals surface area contributed by atoms with Crippen LogP contribution in [0.1, 0.15) is 45.1 Å². The van der Waals surface area contributed by atoms with Crippen LogP contribution in [0.25, 0.3) is 10.6 Å². The van der Waals surface area contributed by atoms with Gasteiger partial charge < -0.3 is 5.32 Å². The van der Waals surface area contributed by atoms with Crippen LogP contribution >= 0.6 is 11.3 Å². The summed E-state index contributed by atoms with van der Waals surface area (Å²) in [5, 5.41) is 15.2. The zero-order chi connectivity index (χ0) is 19.4. The van der Waals surface area contributed by atoms with Crippen LogP contribution in [0.4, 0.5) is 5.13 Å². The maximum Gasteiger partial charge on any atom is 0.249 e. The fraction of sp³-hybridized carbons (Fsp3) is 0.500. The first-order valence-corrected chi connectivity index (χ1v) is 10.3. The molecule has 0 radical (unpaired) electrons. The summed E-state index contributed by atoms with van der Waals surface area (Å²) < 4.78 is 0. The Labute approximate surface area is 163 Å². The van der Waals surface area contributed by atoms with Gasteiger partial charge in [-0.15, -0.1) is 10.2 Å². The molecule has 1 atom stereocenters. The second-order valence-corrected chi connectivity index (χ2v) is 8.46. The Bertz CT molecular complexity index is 812. The molecule has 27 heavy (non-hydrogen) atoms. The quantitative estimate of drug-likeness (QED) is 0.791. The fourth-order valence-electron chi connectivity index (χ4n) is 3.35. The highest BCUT2D eigenvalue weighted by molar-refractivity contribution is 7.18. The third kappa shape index (κ3) is 4.91. The van der Waals surface area contributed by atoms with Gasteiger partial charge in [-0.3, -0.25) is 14.9 Å². The van der Waals surface area contributed by atoms with Crippen molar-refractivity contribution in [2.75, 3.05) is 5.32 Å². The molecule has 0 bridgehead atoms. The van der Waals surface area contributed by atoms with Crippen LogP contribution < -0.4 is 10.6 Å². The number of rotatable bonds is 6. The fourth-order valence-corrected chi connectivity index (χ4v) is 4.09. The molecule has 0 spiro atoms. The Morgan fingerprint density at radius 1 is 1.19 bits per heavy atom. The highest BCUT2D eigenvalue weighted by atomic mass is 32.1. The zero-order valence-electron chi connectivity index (χ0n) is 16.0. The SMILES string of the molecule is Cc1cccc(-c2nnc(NC(=O)C(NC(=O)C3CCCC3)C(C)C)s2)c1. The summed E-state index contributed by atoms with van der Waals surface area (Å²) in [5.74, 6) is -0.240. The molecule has 1 aromatic carbocycles. The molecule has 1 saturated carbocycles. The first-order valence-electron chi connectivity index (χ1n) is 9.46. The lowest BCUT2D eigenvalue weighted by Crippen LogP contribution is -2.48. The van der Waals surface area contributed by atoms with Gasteiger partial charge in [0.15, 0.2) is 0 Å². The standard InChI is InChI=1S/C20H26N4O2S/c1-12(2)16(21-17(25)14-8-4-5-9-14)18(26)22-20-24-23-19(27-20)15-10-6-7-13(3)11-15/h6-7,10-12,14,16H,4-5,8-9H2,1-3H3,(H,21,25)(H,22,24,26). The number of aryl methyl sites for hydroxylation is 1. The number of carbonyl (C=O) groups excluding carboxylic acids is 2. The number of nitrogens with zero attached hydrogens (tertiary/aromatic N) is 2. The monoisotopic (exact) mass is 386 g/mol.